The summed E-state index contributed by atoms with van der Waals surface area (Å²) < 4.78 is 0. The lowest BCUT2D eigenvalue weighted by Gasteiger charge is -2.25. The summed E-state index contributed by atoms with van der Waals surface area (Å²) in [5, 5.41) is 13.7. The zero-order chi connectivity index (χ0) is 23.5. The first-order valence-electron chi connectivity index (χ1n) is 10.4. The van der Waals surface area contributed by atoms with Gasteiger partial charge in [-0.1, -0.05) is 48.9 Å². The fourth-order valence-corrected chi connectivity index (χ4v) is 3.68. The largest absolute Gasteiger partial charge is 0.337 e. The standard InChI is InChI=1S/C23H26N4O5/c1-4-12-25(14-17-10-8-16(2)9-11-17)20(28)15-26-21(29)23(3,24-22(26)30)18-6-5-7-19(13-18)27(31)32/h5-11,13H,4,12,14-15H2,1-3H3,(H,24,30). The lowest BCUT2D eigenvalue weighted by molar-refractivity contribution is -0.385. The van der Waals surface area contributed by atoms with E-state index < -0.39 is 28.9 Å². The van der Waals surface area contributed by atoms with E-state index in [0.29, 0.717) is 13.1 Å². The number of aryl methyl sites for hydroxylation is 1. The van der Waals surface area contributed by atoms with Crippen LogP contribution in [0.15, 0.2) is 48.5 Å². The Morgan fingerprint density at radius 3 is 2.50 bits per heavy atom. The molecule has 1 aliphatic rings. The Kier molecular flexibility index (Phi) is 6.57. The van der Waals surface area contributed by atoms with E-state index in [-0.39, 0.29) is 17.2 Å². The molecule has 0 saturated carbocycles. The number of nitrogens with one attached hydrogen (secondary N) is 1. The van der Waals surface area contributed by atoms with Crippen molar-refractivity contribution in [3.05, 3.63) is 75.3 Å². The maximum absolute atomic E-state index is 13.1. The molecule has 1 fully saturated rings. The minimum atomic E-state index is -1.49. The Morgan fingerprint density at radius 2 is 1.88 bits per heavy atom. The van der Waals surface area contributed by atoms with E-state index in [1.807, 2.05) is 38.1 Å². The summed E-state index contributed by atoms with van der Waals surface area (Å²) in [7, 11) is 0. The lowest BCUT2D eigenvalue weighted by Crippen LogP contribution is -2.44. The molecule has 0 radical (unpaired) electrons. The predicted molar refractivity (Wildman–Crippen MR) is 118 cm³/mol. The first-order valence-corrected chi connectivity index (χ1v) is 10.4. The molecule has 2 aromatic carbocycles. The molecule has 1 aliphatic heterocycles. The van der Waals surface area contributed by atoms with Crippen molar-refractivity contribution in [1.29, 1.82) is 0 Å². The van der Waals surface area contributed by atoms with Gasteiger partial charge < -0.3 is 10.2 Å². The zero-order valence-electron chi connectivity index (χ0n) is 18.3. The number of non-ortho nitro benzene ring substituents is 1. The smallest absolute Gasteiger partial charge is 0.325 e. The summed E-state index contributed by atoms with van der Waals surface area (Å²) in [4.78, 5) is 51.8. The lowest BCUT2D eigenvalue weighted by atomic mass is 9.91. The molecule has 1 unspecified atom stereocenters. The van der Waals surface area contributed by atoms with E-state index in [9.17, 15) is 24.5 Å². The molecule has 2 aromatic rings. The van der Waals surface area contributed by atoms with E-state index in [4.69, 9.17) is 0 Å². The second-order valence-corrected chi connectivity index (χ2v) is 8.05. The first-order chi connectivity index (χ1) is 15.2. The fraction of sp³-hybridized carbons (Fsp3) is 0.348. The van der Waals surface area contributed by atoms with Crippen molar-refractivity contribution in [1.82, 2.24) is 15.1 Å². The quantitative estimate of drug-likeness (QED) is 0.387. The van der Waals surface area contributed by atoms with Gasteiger partial charge in [-0.05, 0) is 31.4 Å². The minimum absolute atomic E-state index is 0.187. The van der Waals surface area contributed by atoms with Gasteiger partial charge >= 0.3 is 6.03 Å². The van der Waals surface area contributed by atoms with Crippen LogP contribution in [0, 0.1) is 17.0 Å². The molecular formula is C23H26N4O5. The van der Waals surface area contributed by atoms with E-state index >= 15 is 0 Å². The number of benzene rings is 2. The van der Waals surface area contributed by atoms with Gasteiger partial charge in [0.05, 0.1) is 4.92 Å². The van der Waals surface area contributed by atoms with E-state index in [0.717, 1.165) is 22.4 Å². The Balaban J connectivity index is 1.78. The van der Waals surface area contributed by atoms with Gasteiger partial charge in [-0.2, -0.15) is 0 Å². The Labute approximate surface area is 186 Å². The summed E-state index contributed by atoms with van der Waals surface area (Å²) in [6, 6.07) is 12.7. The minimum Gasteiger partial charge on any atom is -0.337 e. The fourth-order valence-electron chi connectivity index (χ4n) is 3.68. The van der Waals surface area contributed by atoms with Gasteiger partial charge in [0.1, 0.15) is 12.1 Å². The van der Waals surface area contributed by atoms with Crippen molar-refractivity contribution in [3.63, 3.8) is 0 Å². The molecule has 0 aromatic heterocycles. The maximum Gasteiger partial charge on any atom is 0.325 e. The number of hydrogen-bond donors (Lipinski definition) is 1. The Hall–Kier alpha value is -3.75. The molecule has 168 valence electrons. The number of nitro benzene ring substituents is 1. The highest BCUT2D eigenvalue weighted by Crippen LogP contribution is 2.31. The third-order valence-electron chi connectivity index (χ3n) is 5.54. The van der Waals surface area contributed by atoms with Crippen LogP contribution < -0.4 is 5.32 Å². The van der Waals surface area contributed by atoms with Crippen molar-refractivity contribution < 1.29 is 19.3 Å². The normalized spacial score (nSPS) is 17.9. The second kappa shape index (κ2) is 9.17. The Bertz CT molecular complexity index is 1050. The third-order valence-corrected chi connectivity index (χ3v) is 5.54. The van der Waals surface area contributed by atoms with Crippen molar-refractivity contribution >= 4 is 23.5 Å². The molecule has 9 nitrogen and oxygen atoms in total. The summed E-state index contributed by atoms with van der Waals surface area (Å²) in [5.41, 5.74) is 0.672. The zero-order valence-corrected chi connectivity index (χ0v) is 18.3. The van der Waals surface area contributed by atoms with Crippen LogP contribution in [0.1, 0.15) is 37.0 Å². The van der Waals surface area contributed by atoms with Crippen LogP contribution in [0.2, 0.25) is 0 Å². The third kappa shape index (κ3) is 4.61. The highest BCUT2D eigenvalue weighted by Gasteiger charge is 2.50. The van der Waals surface area contributed by atoms with Crippen LogP contribution in [0.25, 0.3) is 0 Å². The number of amides is 4. The highest BCUT2D eigenvalue weighted by molar-refractivity contribution is 6.09. The van der Waals surface area contributed by atoms with Gasteiger partial charge in [0, 0.05) is 25.2 Å². The van der Waals surface area contributed by atoms with Crippen LogP contribution in [-0.2, 0) is 21.7 Å². The topological polar surface area (TPSA) is 113 Å². The van der Waals surface area contributed by atoms with Crippen LogP contribution in [-0.4, -0.2) is 45.7 Å². The van der Waals surface area contributed by atoms with Gasteiger partial charge in [0.2, 0.25) is 5.91 Å². The first kappa shape index (κ1) is 22.9. The van der Waals surface area contributed by atoms with Gasteiger partial charge in [-0.25, -0.2) is 4.79 Å². The molecular weight excluding hydrogens is 412 g/mol. The molecule has 9 heteroatoms. The monoisotopic (exact) mass is 438 g/mol. The molecule has 1 atom stereocenters. The second-order valence-electron chi connectivity index (χ2n) is 8.05. The van der Waals surface area contributed by atoms with Crippen molar-refractivity contribution in [2.24, 2.45) is 0 Å². The predicted octanol–water partition coefficient (Wildman–Crippen LogP) is 3.11. The number of rotatable bonds is 8. The van der Waals surface area contributed by atoms with Crippen molar-refractivity contribution in [2.45, 2.75) is 39.3 Å². The number of carbonyl (C=O) groups excluding carboxylic acids is 3. The van der Waals surface area contributed by atoms with Crippen LogP contribution >= 0.6 is 0 Å². The average molecular weight is 438 g/mol. The molecule has 3 rings (SSSR count). The van der Waals surface area contributed by atoms with Crippen LogP contribution in [0.5, 0.6) is 0 Å². The average Bonchev–Trinajstić information content (AvgIpc) is 2.99. The molecule has 32 heavy (non-hydrogen) atoms. The molecule has 1 saturated heterocycles. The molecule has 1 heterocycles. The highest BCUT2D eigenvalue weighted by atomic mass is 16.6. The summed E-state index contributed by atoms with van der Waals surface area (Å²) in [5.74, 6) is -0.970. The van der Waals surface area contributed by atoms with E-state index in [2.05, 4.69) is 5.32 Å². The molecule has 0 spiro atoms. The van der Waals surface area contributed by atoms with Crippen molar-refractivity contribution in [2.75, 3.05) is 13.1 Å². The van der Waals surface area contributed by atoms with E-state index in [1.54, 1.807) is 4.90 Å². The maximum atomic E-state index is 13.1. The summed E-state index contributed by atoms with van der Waals surface area (Å²) in [6.45, 7) is 5.86. The van der Waals surface area contributed by atoms with Crippen LogP contribution in [0.3, 0.4) is 0 Å². The number of nitrogens with zero attached hydrogens (tertiary/aromatic N) is 3. The number of carbonyl (C=O) groups is 3. The number of hydrogen-bond acceptors (Lipinski definition) is 5. The van der Waals surface area contributed by atoms with Gasteiger partial charge in [-0.3, -0.25) is 24.6 Å². The van der Waals surface area contributed by atoms with Crippen LogP contribution in [0.4, 0.5) is 10.5 Å². The van der Waals surface area contributed by atoms with Crippen molar-refractivity contribution in [3.8, 4) is 0 Å². The van der Waals surface area contributed by atoms with Gasteiger partial charge in [0.25, 0.3) is 11.6 Å². The number of urea groups is 1. The molecule has 4 amide bonds. The van der Waals surface area contributed by atoms with E-state index in [1.165, 1.54) is 31.2 Å². The molecule has 0 bridgehead atoms. The number of nitro groups is 1. The molecule has 1 N–H and O–H groups in total. The SMILES string of the molecule is CCCN(Cc1ccc(C)cc1)C(=O)CN1C(=O)NC(C)(c2cccc([N+](=O)[O-])c2)C1=O. The summed E-state index contributed by atoms with van der Waals surface area (Å²) in [6.07, 6.45) is 0.725. The molecule has 0 aliphatic carbocycles. The van der Waals surface area contributed by atoms with Gasteiger partial charge in [-0.15, -0.1) is 0 Å². The summed E-state index contributed by atoms with van der Waals surface area (Å²) >= 11 is 0. The van der Waals surface area contributed by atoms with Gasteiger partial charge in [0.15, 0.2) is 0 Å². The number of imide groups is 1. The Morgan fingerprint density at radius 1 is 1.19 bits per heavy atom.